The van der Waals surface area contributed by atoms with E-state index in [-0.39, 0.29) is 12.3 Å². The molecule has 0 atom stereocenters. The van der Waals surface area contributed by atoms with E-state index in [4.69, 9.17) is 14.8 Å². The van der Waals surface area contributed by atoms with E-state index in [2.05, 4.69) is 25.8 Å². The molecule has 3 N–H and O–H groups in total. The van der Waals surface area contributed by atoms with Gasteiger partial charge in [0, 0.05) is 28.4 Å². The van der Waals surface area contributed by atoms with Crippen molar-refractivity contribution in [3.05, 3.63) is 87.9 Å². The zero-order chi connectivity index (χ0) is 25.7. The number of aromatic amines is 1. The Kier molecular flexibility index (Phi) is 8.07. The van der Waals surface area contributed by atoms with Crippen LogP contribution in [0.3, 0.4) is 0 Å². The van der Waals surface area contributed by atoms with Gasteiger partial charge in [-0.1, -0.05) is 40.2 Å². The number of ether oxygens (including phenoxy) is 1. The van der Waals surface area contributed by atoms with Gasteiger partial charge in [-0.15, -0.1) is 0 Å². The van der Waals surface area contributed by atoms with Crippen molar-refractivity contribution in [2.45, 2.75) is 12.8 Å². The van der Waals surface area contributed by atoms with Gasteiger partial charge in [-0.3, -0.25) is 4.79 Å². The Morgan fingerprint density at radius 1 is 1.08 bits per heavy atom. The molecule has 7 nitrogen and oxygen atoms in total. The Morgan fingerprint density at radius 3 is 2.58 bits per heavy atom. The second-order valence-electron chi connectivity index (χ2n) is 8.74. The molecule has 0 aliphatic rings. The summed E-state index contributed by atoms with van der Waals surface area (Å²) in [5.74, 6) is -0.0729. The number of aliphatic imine (C=N–C) groups is 1. The quantitative estimate of drug-likeness (QED) is 0.218. The van der Waals surface area contributed by atoms with Crippen molar-refractivity contribution in [3.8, 4) is 11.6 Å². The number of nitrogens with one attached hydrogen (secondary N) is 1. The van der Waals surface area contributed by atoms with Crippen molar-refractivity contribution in [3.63, 3.8) is 0 Å². The molecule has 0 fully saturated rings. The summed E-state index contributed by atoms with van der Waals surface area (Å²) in [4.78, 5) is 21.1. The minimum Gasteiger partial charge on any atom is -0.494 e. The molecule has 1 aromatic heterocycles. The molecule has 4 rings (SSSR count). The summed E-state index contributed by atoms with van der Waals surface area (Å²) >= 11 is 3.48. The number of aromatic nitrogens is 1. The molecule has 0 saturated heterocycles. The van der Waals surface area contributed by atoms with Gasteiger partial charge < -0.3 is 24.8 Å². The second-order valence-corrected chi connectivity index (χ2v) is 9.65. The van der Waals surface area contributed by atoms with Crippen molar-refractivity contribution >= 4 is 44.2 Å². The molecular weight excluding hydrogens is 522 g/mol. The highest BCUT2D eigenvalue weighted by Crippen LogP contribution is 2.33. The van der Waals surface area contributed by atoms with E-state index >= 15 is 0 Å². The number of likely N-dealkylation sites (N-methyl/N-ethyl adjacent to an activating group) is 1. The van der Waals surface area contributed by atoms with E-state index in [0.29, 0.717) is 30.0 Å². The number of nitrogens with zero attached hydrogens (tertiary/aromatic N) is 2. The highest BCUT2D eigenvalue weighted by molar-refractivity contribution is 9.10. The molecule has 3 aromatic carbocycles. The maximum atomic E-state index is 11.1. The van der Waals surface area contributed by atoms with Gasteiger partial charge >= 0.3 is 5.97 Å². The summed E-state index contributed by atoms with van der Waals surface area (Å²) in [6, 6.07) is 20.9. The minimum atomic E-state index is -0.845. The number of rotatable bonds is 10. The molecule has 0 spiro atoms. The minimum absolute atomic E-state index is 0.0152. The summed E-state index contributed by atoms with van der Waals surface area (Å²) < 4.78 is 6.69. The predicted molar refractivity (Wildman–Crippen MR) is 146 cm³/mol. The smallest absolute Gasteiger partial charge is 0.303 e. The lowest BCUT2D eigenvalue weighted by Gasteiger charge is -2.12. The molecule has 0 aliphatic heterocycles. The van der Waals surface area contributed by atoms with Crippen LogP contribution in [0, 0.1) is 0 Å². The molecule has 0 radical (unpaired) electrons. The van der Waals surface area contributed by atoms with E-state index in [9.17, 15) is 9.90 Å². The van der Waals surface area contributed by atoms with E-state index in [1.807, 2.05) is 80.8 Å². The topological polar surface area (TPSA) is 98.2 Å². The van der Waals surface area contributed by atoms with Crippen LogP contribution in [0.5, 0.6) is 11.6 Å². The molecular formula is C28H28BrN3O4. The van der Waals surface area contributed by atoms with Crippen molar-refractivity contribution in [2.75, 3.05) is 27.2 Å². The number of halogens is 1. The Hall–Kier alpha value is -3.62. The number of hydrogen-bond donors (Lipinski definition) is 3. The number of carboxylic acid groups (broad SMARTS) is 1. The zero-order valence-electron chi connectivity index (χ0n) is 20.2. The molecule has 8 heteroatoms. The summed E-state index contributed by atoms with van der Waals surface area (Å²) in [5.41, 5.74) is 4.30. The monoisotopic (exact) mass is 549 g/mol. The number of carbonyl (C=O) groups is 1. The highest BCUT2D eigenvalue weighted by atomic mass is 79.9. The summed E-state index contributed by atoms with van der Waals surface area (Å²) in [6.45, 7) is 1.40. The number of fused-ring (bicyclic) bond motifs is 1. The Labute approximate surface area is 218 Å². The summed E-state index contributed by atoms with van der Waals surface area (Å²) in [5, 5.41) is 20.8. The lowest BCUT2D eigenvalue weighted by atomic mass is 9.98. The average molecular weight is 550 g/mol. The van der Waals surface area contributed by atoms with Gasteiger partial charge in [0.25, 0.3) is 0 Å². The maximum Gasteiger partial charge on any atom is 0.303 e. The number of aliphatic carboxylic acids is 1. The largest absolute Gasteiger partial charge is 0.494 e. The number of benzene rings is 3. The molecule has 0 bridgehead atoms. The third-order valence-electron chi connectivity index (χ3n) is 5.69. The van der Waals surface area contributed by atoms with Gasteiger partial charge in [-0.25, -0.2) is 4.99 Å². The van der Waals surface area contributed by atoms with Gasteiger partial charge in [-0.2, -0.15) is 0 Å². The van der Waals surface area contributed by atoms with Crippen molar-refractivity contribution in [1.82, 2.24) is 9.88 Å². The van der Waals surface area contributed by atoms with E-state index in [1.165, 1.54) is 0 Å². The van der Waals surface area contributed by atoms with E-state index in [0.717, 1.165) is 38.8 Å². The first-order chi connectivity index (χ1) is 17.3. The first kappa shape index (κ1) is 25.5. The summed E-state index contributed by atoms with van der Waals surface area (Å²) in [7, 11) is 4.00. The Bertz CT molecular complexity index is 1390. The first-order valence-electron chi connectivity index (χ1n) is 11.6. The number of carboxylic acids is 1. The highest BCUT2D eigenvalue weighted by Gasteiger charge is 2.19. The summed E-state index contributed by atoms with van der Waals surface area (Å²) in [6.07, 6.45) is 0.444. The molecule has 1 heterocycles. The molecule has 0 amide bonds. The standard InChI is InChI=1S/C28H28BrN3O4/c1-32(2)14-15-36-22-10-8-21(9-11-22)30-27(19-5-3-4-18(16-19)6-13-25(33)34)26-23-12-7-20(29)17-24(23)31-28(26)35/h3-5,7-12,16-17,31,35H,6,13-15H2,1-2H3,(H,33,34). The Morgan fingerprint density at radius 2 is 1.86 bits per heavy atom. The maximum absolute atomic E-state index is 11.1. The normalized spacial score (nSPS) is 11.8. The lowest BCUT2D eigenvalue weighted by molar-refractivity contribution is -0.136. The van der Waals surface area contributed by atoms with Crippen molar-refractivity contribution in [1.29, 1.82) is 0 Å². The fourth-order valence-electron chi connectivity index (χ4n) is 3.88. The number of aromatic hydroxyl groups is 1. The third-order valence-corrected chi connectivity index (χ3v) is 6.18. The van der Waals surface area contributed by atoms with Crippen LogP contribution in [-0.2, 0) is 11.2 Å². The number of hydrogen-bond acceptors (Lipinski definition) is 5. The predicted octanol–water partition coefficient (Wildman–Crippen LogP) is 5.76. The van der Waals surface area contributed by atoms with Gasteiger partial charge in [0.05, 0.1) is 22.5 Å². The van der Waals surface area contributed by atoms with Crippen LogP contribution in [0.2, 0.25) is 0 Å². The van der Waals surface area contributed by atoms with Gasteiger partial charge in [0.15, 0.2) is 5.88 Å². The fourth-order valence-corrected chi connectivity index (χ4v) is 4.24. The van der Waals surface area contributed by atoms with E-state index in [1.54, 1.807) is 0 Å². The van der Waals surface area contributed by atoms with Gasteiger partial charge in [0.1, 0.15) is 12.4 Å². The van der Waals surface area contributed by atoms with Crippen LogP contribution in [-0.4, -0.2) is 59.0 Å². The number of aryl methyl sites for hydroxylation is 1. The SMILES string of the molecule is CN(C)CCOc1ccc(N=C(c2cccc(CCC(=O)O)c2)c2c(O)[nH]c3cc(Br)ccc23)cc1. The fraction of sp³-hybridized carbons (Fsp3) is 0.214. The third kappa shape index (κ3) is 6.33. The van der Waals surface area contributed by atoms with Crippen LogP contribution < -0.4 is 4.74 Å². The van der Waals surface area contributed by atoms with Crippen LogP contribution in [0.15, 0.2) is 76.2 Å². The van der Waals surface area contributed by atoms with Crippen LogP contribution in [0.25, 0.3) is 10.9 Å². The van der Waals surface area contributed by atoms with Crippen molar-refractivity contribution < 1.29 is 19.7 Å². The van der Waals surface area contributed by atoms with Crippen LogP contribution in [0.1, 0.15) is 23.1 Å². The van der Waals surface area contributed by atoms with Gasteiger partial charge in [0.2, 0.25) is 0 Å². The molecule has 0 aliphatic carbocycles. The first-order valence-corrected chi connectivity index (χ1v) is 12.4. The molecule has 36 heavy (non-hydrogen) atoms. The average Bonchev–Trinajstić information content (AvgIpc) is 3.16. The number of H-pyrrole nitrogens is 1. The molecule has 186 valence electrons. The lowest BCUT2D eigenvalue weighted by Crippen LogP contribution is -2.19. The van der Waals surface area contributed by atoms with E-state index < -0.39 is 5.97 Å². The van der Waals surface area contributed by atoms with Crippen LogP contribution in [0.4, 0.5) is 5.69 Å². The molecule has 0 saturated carbocycles. The molecule has 4 aromatic rings. The van der Waals surface area contributed by atoms with Gasteiger partial charge in [-0.05, 0) is 68.5 Å². The van der Waals surface area contributed by atoms with Crippen LogP contribution >= 0.6 is 15.9 Å². The van der Waals surface area contributed by atoms with Crippen molar-refractivity contribution in [2.24, 2.45) is 4.99 Å². The Balaban J connectivity index is 1.76. The second kappa shape index (κ2) is 11.4. The zero-order valence-corrected chi connectivity index (χ0v) is 21.7. The molecule has 0 unspecified atom stereocenters.